The highest BCUT2D eigenvalue weighted by Crippen LogP contribution is 2.10. The molecule has 1 atom stereocenters. The second kappa shape index (κ2) is 3.81. The molecule has 0 amide bonds. The summed E-state index contributed by atoms with van der Waals surface area (Å²) in [6.07, 6.45) is 1.77. The molecule has 0 aliphatic heterocycles. The first-order chi connectivity index (χ1) is 5.38. The monoisotopic (exact) mass is 149 g/mol. The van der Waals surface area contributed by atoms with E-state index in [0.29, 0.717) is 0 Å². The summed E-state index contributed by atoms with van der Waals surface area (Å²) < 4.78 is 0. The molecule has 11 heavy (non-hydrogen) atoms. The summed E-state index contributed by atoms with van der Waals surface area (Å²) in [5.41, 5.74) is 0.810. The summed E-state index contributed by atoms with van der Waals surface area (Å²) in [7, 11) is 0. The van der Waals surface area contributed by atoms with Crippen LogP contribution in [0.5, 0.6) is 0 Å². The summed E-state index contributed by atoms with van der Waals surface area (Å²) in [6, 6.07) is 9.12. The first kappa shape index (κ1) is 7.86. The molecule has 0 heterocycles. The van der Waals surface area contributed by atoms with Gasteiger partial charge in [0, 0.05) is 10.4 Å². The van der Waals surface area contributed by atoms with Crippen LogP contribution in [0.4, 0.5) is 0 Å². The summed E-state index contributed by atoms with van der Waals surface area (Å²) in [5, 5.41) is 8.72. The van der Waals surface area contributed by atoms with Crippen molar-refractivity contribution in [2.24, 2.45) is 0 Å². The van der Waals surface area contributed by atoms with E-state index in [4.69, 9.17) is 5.11 Å². The van der Waals surface area contributed by atoms with Gasteiger partial charge in [-0.2, -0.15) is 0 Å². The van der Waals surface area contributed by atoms with Gasteiger partial charge in [0.2, 0.25) is 0 Å². The minimum Gasteiger partial charge on any atom is -0.390 e. The molecule has 2 nitrogen and oxygen atoms in total. The number of rotatable bonds is 3. The molecule has 0 aromatic heterocycles. The Morgan fingerprint density at radius 2 is 2.00 bits per heavy atom. The van der Waals surface area contributed by atoms with E-state index in [1.54, 1.807) is 18.4 Å². The maximum Gasteiger partial charge on any atom is 0.517 e. The molecule has 2 heteroatoms. The first-order valence-corrected chi connectivity index (χ1v) is 3.42. The average molecular weight is 149 g/mol. The third-order valence-electron chi connectivity index (χ3n) is 1.53. The van der Waals surface area contributed by atoms with Gasteiger partial charge in [-0.15, -0.1) is 0 Å². The van der Waals surface area contributed by atoms with Crippen LogP contribution < -0.4 is 0 Å². The van der Waals surface area contributed by atoms with Crippen LogP contribution in [0.25, 0.3) is 0 Å². The zero-order chi connectivity index (χ0) is 8.10. The number of aliphatic hydroxyl groups excluding tert-OH is 1. The molecule has 1 rings (SSSR count). The third kappa shape index (κ3) is 1.84. The van der Waals surface area contributed by atoms with Gasteiger partial charge in [-0.3, -0.25) is 0 Å². The van der Waals surface area contributed by atoms with E-state index in [0.717, 1.165) is 5.56 Å². The highest BCUT2D eigenvalue weighted by Gasteiger charge is 2.21. The standard InChI is InChI=1S/C9H9O2/c10-6-9(7-11)8-4-2-1-3-5-8/h1-5,9-10H,6H2/q+1. The van der Waals surface area contributed by atoms with Crippen molar-refractivity contribution in [2.75, 3.05) is 6.61 Å². The molecule has 1 aromatic rings. The lowest BCUT2D eigenvalue weighted by Crippen LogP contribution is -2.04. The van der Waals surface area contributed by atoms with Gasteiger partial charge in [0.05, 0.1) is 0 Å². The van der Waals surface area contributed by atoms with Crippen LogP contribution in [0.15, 0.2) is 30.3 Å². The van der Waals surface area contributed by atoms with E-state index in [1.165, 1.54) is 0 Å². The highest BCUT2D eigenvalue weighted by molar-refractivity contribution is 5.62. The van der Waals surface area contributed by atoms with Gasteiger partial charge in [-0.05, 0) is 0 Å². The predicted molar refractivity (Wildman–Crippen MR) is 42.0 cm³/mol. The van der Waals surface area contributed by atoms with Crippen molar-refractivity contribution in [1.82, 2.24) is 0 Å². The molecule has 0 aliphatic rings. The summed E-state index contributed by atoms with van der Waals surface area (Å²) in [5.74, 6) is -0.490. The minimum absolute atomic E-state index is 0.173. The second-order valence-corrected chi connectivity index (χ2v) is 2.26. The van der Waals surface area contributed by atoms with E-state index >= 15 is 0 Å². The van der Waals surface area contributed by atoms with E-state index < -0.39 is 5.92 Å². The molecule has 0 fully saturated rings. The normalized spacial score (nSPS) is 12.1. The molecule has 1 unspecified atom stereocenters. The molecule has 0 bridgehead atoms. The fraction of sp³-hybridized carbons (Fsp3) is 0.222. The maximum atomic E-state index is 10.3. The van der Waals surface area contributed by atoms with Crippen LogP contribution in [0, 0.1) is 0 Å². The summed E-state index contributed by atoms with van der Waals surface area (Å²) in [4.78, 5) is 10.3. The number of carbonyl (C=O) groups excluding carboxylic acids is 1. The Bertz CT molecular complexity index is 218. The van der Waals surface area contributed by atoms with Gasteiger partial charge in [0.1, 0.15) is 6.61 Å². The van der Waals surface area contributed by atoms with Crippen molar-refractivity contribution in [1.29, 1.82) is 0 Å². The Hall–Kier alpha value is -1.24. The van der Waals surface area contributed by atoms with Crippen LogP contribution >= 0.6 is 0 Å². The van der Waals surface area contributed by atoms with Crippen molar-refractivity contribution in [3.8, 4) is 0 Å². The smallest absolute Gasteiger partial charge is 0.390 e. The van der Waals surface area contributed by atoms with E-state index in [2.05, 4.69) is 0 Å². The summed E-state index contributed by atoms with van der Waals surface area (Å²) >= 11 is 0. The quantitative estimate of drug-likeness (QED) is 0.647. The van der Waals surface area contributed by atoms with Crippen LogP contribution in [0.1, 0.15) is 11.5 Å². The lowest BCUT2D eigenvalue weighted by atomic mass is 10.0. The number of benzene rings is 1. The van der Waals surface area contributed by atoms with Gasteiger partial charge in [-0.25, -0.2) is 0 Å². The van der Waals surface area contributed by atoms with Crippen molar-refractivity contribution in [3.05, 3.63) is 35.9 Å². The van der Waals surface area contributed by atoms with Crippen molar-refractivity contribution >= 4 is 6.29 Å². The minimum atomic E-state index is -0.490. The van der Waals surface area contributed by atoms with Gasteiger partial charge in [-0.1, -0.05) is 30.3 Å². The summed E-state index contributed by atoms with van der Waals surface area (Å²) in [6.45, 7) is -0.173. The lowest BCUT2D eigenvalue weighted by molar-refractivity contribution is 0.286. The third-order valence-corrected chi connectivity index (χ3v) is 1.53. The van der Waals surface area contributed by atoms with Gasteiger partial charge >= 0.3 is 6.29 Å². The van der Waals surface area contributed by atoms with E-state index in [-0.39, 0.29) is 6.61 Å². The van der Waals surface area contributed by atoms with Crippen LogP contribution in [0.2, 0.25) is 0 Å². The van der Waals surface area contributed by atoms with Crippen LogP contribution in [-0.4, -0.2) is 18.0 Å². The highest BCUT2D eigenvalue weighted by atomic mass is 16.3. The Balaban J connectivity index is 2.82. The zero-order valence-electron chi connectivity index (χ0n) is 6.03. The Labute approximate surface area is 65.5 Å². The van der Waals surface area contributed by atoms with E-state index in [9.17, 15) is 4.79 Å². The molecule has 0 radical (unpaired) electrons. The lowest BCUT2D eigenvalue weighted by Gasteiger charge is -1.94. The Kier molecular flexibility index (Phi) is 2.73. The van der Waals surface area contributed by atoms with Crippen molar-refractivity contribution in [3.63, 3.8) is 0 Å². The molecule has 56 valence electrons. The van der Waals surface area contributed by atoms with Crippen molar-refractivity contribution in [2.45, 2.75) is 5.92 Å². The average Bonchev–Trinajstić information content (AvgIpc) is 2.09. The number of hydrogen-bond acceptors (Lipinski definition) is 2. The molecule has 0 saturated heterocycles. The first-order valence-electron chi connectivity index (χ1n) is 3.42. The molecule has 0 saturated carbocycles. The largest absolute Gasteiger partial charge is 0.517 e. The maximum absolute atomic E-state index is 10.3. The fourth-order valence-electron chi connectivity index (χ4n) is 0.896. The molecule has 0 spiro atoms. The molecule has 0 aliphatic carbocycles. The van der Waals surface area contributed by atoms with Crippen molar-refractivity contribution < 1.29 is 9.90 Å². The van der Waals surface area contributed by atoms with Gasteiger partial charge < -0.3 is 5.11 Å². The number of aliphatic hydroxyl groups is 1. The molecular weight excluding hydrogens is 140 g/mol. The van der Waals surface area contributed by atoms with Crippen LogP contribution in [0.3, 0.4) is 0 Å². The van der Waals surface area contributed by atoms with Gasteiger partial charge in [0.15, 0.2) is 0 Å². The van der Waals surface area contributed by atoms with E-state index in [1.807, 2.05) is 18.2 Å². The molecular formula is C9H9O2+. The molecule has 1 aromatic carbocycles. The Morgan fingerprint density at radius 3 is 2.45 bits per heavy atom. The SMILES string of the molecule is O=[C+]C(CO)c1ccccc1. The molecule has 1 N–H and O–H groups in total. The fourth-order valence-corrected chi connectivity index (χ4v) is 0.896. The second-order valence-electron chi connectivity index (χ2n) is 2.26. The topological polar surface area (TPSA) is 37.3 Å². The number of hydrogen-bond donors (Lipinski definition) is 1. The van der Waals surface area contributed by atoms with Crippen LogP contribution in [-0.2, 0) is 4.79 Å². The van der Waals surface area contributed by atoms with Gasteiger partial charge in [0.25, 0.3) is 5.92 Å². The Morgan fingerprint density at radius 1 is 1.36 bits per heavy atom. The predicted octanol–water partition coefficient (Wildman–Crippen LogP) is 0.872. The zero-order valence-corrected chi connectivity index (χ0v) is 6.03.